The molecule has 0 aliphatic rings. The van der Waals surface area contributed by atoms with Crippen molar-refractivity contribution in [2.24, 2.45) is 0 Å². The fourth-order valence-corrected chi connectivity index (χ4v) is 3.38. The summed E-state index contributed by atoms with van der Waals surface area (Å²) >= 11 is 1.38. The van der Waals surface area contributed by atoms with Gasteiger partial charge in [-0.15, -0.1) is 10.2 Å². The van der Waals surface area contributed by atoms with Crippen LogP contribution in [0.2, 0.25) is 0 Å². The summed E-state index contributed by atoms with van der Waals surface area (Å²) in [6, 6.07) is 20.1. The molecule has 0 bridgehead atoms. The second kappa shape index (κ2) is 9.78. The summed E-state index contributed by atoms with van der Waals surface area (Å²) in [5, 5.41) is 11.7. The summed E-state index contributed by atoms with van der Waals surface area (Å²) in [5.74, 6) is 0.324. The van der Waals surface area contributed by atoms with E-state index in [2.05, 4.69) is 39.6 Å². The van der Waals surface area contributed by atoms with E-state index in [4.69, 9.17) is 0 Å². The van der Waals surface area contributed by atoms with Gasteiger partial charge in [0.15, 0.2) is 5.16 Å². The molecule has 140 valence electrons. The molecule has 1 amide bonds. The van der Waals surface area contributed by atoms with Crippen LogP contribution in [0.3, 0.4) is 0 Å². The maximum Gasteiger partial charge on any atom is 0.230 e. The fourth-order valence-electron chi connectivity index (χ4n) is 2.63. The van der Waals surface area contributed by atoms with Gasteiger partial charge in [-0.05, 0) is 30.7 Å². The molecule has 0 saturated heterocycles. The number of carbonyl (C=O) groups excluding carboxylic acids is 1. The fraction of sp³-hybridized carbons (Fsp3) is 0.250. The zero-order chi connectivity index (χ0) is 18.9. The van der Waals surface area contributed by atoms with Crippen molar-refractivity contribution in [3.63, 3.8) is 0 Å². The van der Waals surface area contributed by atoms with Crippen LogP contribution in [-0.2, 0) is 4.79 Å². The first-order valence-corrected chi connectivity index (χ1v) is 9.84. The van der Waals surface area contributed by atoms with Gasteiger partial charge in [0.2, 0.25) is 5.91 Å². The SMILES string of the molecule is CN(CCCNC(=O)CSc1nncn1-c1ccccc1)c1ccccc1. The molecule has 1 N–H and O–H groups in total. The van der Waals surface area contributed by atoms with Crippen LogP contribution in [0.15, 0.2) is 72.1 Å². The van der Waals surface area contributed by atoms with Crippen LogP contribution < -0.4 is 10.2 Å². The number of aromatic nitrogens is 3. The Morgan fingerprint density at radius 3 is 2.56 bits per heavy atom. The third-order valence-corrected chi connectivity index (χ3v) is 5.02. The first-order valence-electron chi connectivity index (χ1n) is 8.85. The van der Waals surface area contributed by atoms with Gasteiger partial charge in [-0.25, -0.2) is 0 Å². The maximum atomic E-state index is 12.1. The highest BCUT2D eigenvalue weighted by molar-refractivity contribution is 7.99. The van der Waals surface area contributed by atoms with E-state index in [0.29, 0.717) is 17.5 Å². The van der Waals surface area contributed by atoms with Gasteiger partial charge in [-0.3, -0.25) is 9.36 Å². The number of thioether (sulfide) groups is 1. The van der Waals surface area contributed by atoms with Crippen LogP contribution in [0.5, 0.6) is 0 Å². The van der Waals surface area contributed by atoms with E-state index in [1.807, 2.05) is 53.1 Å². The molecule has 27 heavy (non-hydrogen) atoms. The lowest BCUT2D eigenvalue weighted by atomic mass is 10.3. The van der Waals surface area contributed by atoms with Crippen LogP contribution in [0.4, 0.5) is 5.69 Å². The van der Waals surface area contributed by atoms with Crippen molar-refractivity contribution in [2.75, 3.05) is 30.8 Å². The molecular formula is C20H23N5OS. The minimum Gasteiger partial charge on any atom is -0.375 e. The van der Waals surface area contributed by atoms with E-state index in [-0.39, 0.29) is 5.91 Å². The van der Waals surface area contributed by atoms with Crippen molar-refractivity contribution in [3.05, 3.63) is 67.0 Å². The quantitative estimate of drug-likeness (QED) is 0.456. The Balaban J connectivity index is 1.39. The number of hydrogen-bond donors (Lipinski definition) is 1. The molecule has 7 heteroatoms. The molecule has 3 rings (SSSR count). The van der Waals surface area contributed by atoms with E-state index >= 15 is 0 Å². The molecule has 0 aliphatic heterocycles. The Morgan fingerprint density at radius 1 is 1.11 bits per heavy atom. The molecule has 0 unspecified atom stereocenters. The number of nitrogens with zero attached hydrogens (tertiary/aromatic N) is 4. The van der Waals surface area contributed by atoms with Gasteiger partial charge in [0.25, 0.3) is 0 Å². The summed E-state index contributed by atoms with van der Waals surface area (Å²) in [6.45, 7) is 1.54. The molecule has 3 aromatic rings. The zero-order valence-corrected chi connectivity index (χ0v) is 16.1. The standard InChI is InChI=1S/C20H23N5OS/c1-24(17-9-4-2-5-10-17)14-8-13-21-19(26)15-27-20-23-22-16-25(20)18-11-6-3-7-12-18/h2-7,9-12,16H,8,13-15H2,1H3,(H,21,26). The average Bonchev–Trinajstić information content (AvgIpc) is 3.19. The molecule has 0 spiro atoms. The van der Waals surface area contributed by atoms with E-state index in [1.54, 1.807) is 6.33 Å². The lowest BCUT2D eigenvalue weighted by Crippen LogP contribution is -2.29. The first-order chi connectivity index (χ1) is 13.2. The zero-order valence-electron chi connectivity index (χ0n) is 15.3. The number of amides is 1. The minimum atomic E-state index is 0.00461. The summed E-state index contributed by atoms with van der Waals surface area (Å²) in [6.07, 6.45) is 2.55. The largest absolute Gasteiger partial charge is 0.375 e. The van der Waals surface area contributed by atoms with Gasteiger partial charge in [0.1, 0.15) is 6.33 Å². The first kappa shape index (κ1) is 19.0. The van der Waals surface area contributed by atoms with Gasteiger partial charge in [-0.1, -0.05) is 48.2 Å². The van der Waals surface area contributed by atoms with Gasteiger partial charge in [0.05, 0.1) is 5.75 Å². The van der Waals surface area contributed by atoms with E-state index in [0.717, 1.165) is 18.7 Å². The number of anilines is 1. The van der Waals surface area contributed by atoms with Crippen molar-refractivity contribution in [2.45, 2.75) is 11.6 Å². The van der Waals surface area contributed by atoms with E-state index < -0.39 is 0 Å². The molecule has 0 atom stereocenters. The predicted octanol–water partition coefficient (Wildman–Crippen LogP) is 3.00. The normalized spacial score (nSPS) is 10.6. The van der Waals surface area contributed by atoms with Crippen molar-refractivity contribution in [3.8, 4) is 5.69 Å². The molecular weight excluding hydrogens is 358 g/mol. The topological polar surface area (TPSA) is 63.1 Å². The van der Waals surface area contributed by atoms with E-state index in [1.165, 1.54) is 17.4 Å². The number of rotatable bonds is 9. The van der Waals surface area contributed by atoms with Crippen LogP contribution >= 0.6 is 11.8 Å². The molecule has 1 aromatic heterocycles. The summed E-state index contributed by atoms with van der Waals surface area (Å²) in [7, 11) is 2.06. The summed E-state index contributed by atoms with van der Waals surface area (Å²) in [4.78, 5) is 14.3. The van der Waals surface area contributed by atoms with Gasteiger partial charge in [-0.2, -0.15) is 0 Å². The van der Waals surface area contributed by atoms with Gasteiger partial charge in [0, 0.05) is 31.5 Å². The van der Waals surface area contributed by atoms with Crippen molar-refractivity contribution >= 4 is 23.4 Å². The van der Waals surface area contributed by atoms with Crippen molar-refractivity contribution in [1.29, 1.82) is 0 Å². The molecule has 6 nitrogen and oxygen atoms in total. The second-order valence-electron chi connectivity index (χ2n) is 6.07. The lowest BCUT2D eigenvalue weighted by Gasteiger charge is -2.19. The number of para-hydroxylation sites is 2. The Bertz CT molecular complexity index is 838. The summed E-state index contributed by atoms with van der Waals surface area (Å²) in [5.41, 5.74) is 2.16. The van der Waals surface area contributed by atoms with Crippen molar-refractivity contribution < 1.29 is 4.79 Å². The Labute approximate surface area is 163 Å². The lowest BCUT2D eigenvalue weighted by molar-refractivity contribution is -0.118. The van der Waals surface area contributed by atoms with E-state index in [9.17, 15) is 4.79 Å². The number of benzene rings is 2. The van der Waals surface area contributed by atoms with Gasteiger partial charge >= 0.3 is 0 Å². The monoisotopic (exact) mass is 381 g/mol. The van der Waals surface area contributed by atoms with Crippen LogP contribution in [0.25, 0.3) is 5.69 Å². The molecule has 0 fully saturated rings. The van der Waals surface area contributed by atoms with Crippen LogP contribution in [0.1, 0.15) is 6.42 Å². The number of nitrogens with one attached hydrogen (secondary N) is 1. The predicted molar refractivity (Wildman–Crippen MR) is 109 cm³/mol. The van der Waals surface area contributed by atoms with Crippen molar-refractivity contribution in [1.82, 2.24) is 20.1 Å². The molecule has 0 aliphatic carbocycles. The Hall–Kier alpha value is -2.80. The molecule has 0 radical (unpaired) electrons. The maximum absolute atomic E-state index is 12.1. The Kier molecular flexibility index (Phi) is 6.87. The smallest absolute Gasteiger partial charge is 0.230 e. The third kappa shape index (κ3) is 5.59. The average molecular weight is 382 g/mol. The third-order valence-electron chi connectivity index (χ3n) is 4.07. The Morgan fingerprint density at radius 2 is 1.81 bits per heavy atom. The number of hydrogen-bond acceptors (Lipinski definition) is 5. The second-order valence-corrected chi connectivity index (χ2v) is 7.01. The van der Waals surface area contributed by atoms with Crippen LogP contribution in [0, 0.1) is 0 Å². The van der Waals surface area contributed by atoms with Gasteiger partial charge < -0.3 is 10.2 Å². The highest BCUT2D eigenvalue weighted by Gasteiger charge is 2.10. The molecule has 1 heterocycles. The highest BCUT2D eigenvalue weighted by atomic mass is 32.2. The summed E-state index contributed by atoms with van der Waals surface area (Å²) < 4.78 is 1.88. The molecule has 2 aromatic carbocycles. The molecule has 0 saturated carbocycles. The minimum absolute atomic E-state index is 0.00461. The number of carbonyl (C=O) groups is 1. The van der Waals surface area contributed by atoms with Crippen LogP contribution in [-0.4, -0.2) is 46.6 Å². The highest BCUT2D eigenvalue weighted by Crippen LogP contribution is 2.18.